The number of aryl methyl sites for hydroxylation is 2. The molecule has 0 spiro atoms. The molecular formula is C28H26ClN3O3S. The first-order chi connectivity index (χ1) is 17.3. The molecule has 1 N–H and O–H groups in total. The lowest BCUT2D eigenvalue weighted by Crippen LogP contribution is -2.25. The molecular weight excluding hydrogens is 494 g/mol. The Bertz CT molecular complexity index is 1490. The number of hydrogen-bond donors (Lipinski definition) is 1. The van der Waals surface area contributed by atoms with Crippen LogP contribution in [0.15, 0.2) is 70.6 Å². The van der Waals surface area contributed by atoms with Crippen molar-refractivity contribution in [2.24, 2.45) is 0 Å². The van der Waals surface area contributed by atoms with Crippen LogP contribution in [0.2, 0.25) is 5.02 Å². The van der Waals surface area contributed by atoms with Gasteiger partial charge in [-0.15, -0.1) is 0 Å². The zero-order valence-corrected chi connectivity index (χ0v) is 21.9. The van der Waals surface area contributed by atoms with Crippen LogP contribution in [0.1, 0.15) is 45.2 Å². The monoisotopic (exact) mass is 519 g/mol. The van der Waals surface area contributed by atoms with Gasteiger partial charge < -0.3 is 5.32 Å². The van der Waals surface area contributed by atoms with E-state index in [2.05, 4.69) is 5.32 Å². The lowest BCUT2D eigenvalue weighted by molar-refractivity contribution is 0.0952. The number of benzene rings is 3. The number of nitrogens with zero attached hydrogens (tertiary/aromatic N) is 2. The van der Waals surface area contributed by atoms with Gasteiger partial charge in [-0.05, 0) is 86.0 Å². The van der Waals surface area contributed by atoms with Crippen LogP contribution in [-0.2, 0) is 0 Å². The number of Topliss-reactive ketones (excluding diaryl/α,β-unsaturated/α-hetero) is 1. The summed E-state index contributed by atoms with van der Waals surface area (Å²) in [6.45, 7) is 6.47. The van der Waals surface area contributed by atoms with Crippen molar-refractivity contribution in [1.82, 2.24) is 14.9 Å². The molecule has 4 rings (SSSR count). The summed E-state index contributed by atoms with van der Waals surface area (Å²) in [5, 5.41) is 4.18. The van der Waals surface area contributed by atoms with Crippen LogP contribution in [0.5, 0.6) is 0 Å². The highest BCUT2D eigenvalue weighted by atomic mass is 35.5. The zero-order valence-electron chi connectivity index (χ0n) is 20.3. The Balaban J connectivity index is 1.80. The number of carbonyl (C=O) groups excluding carboxylic acids is 2. The van der Waals surface area contributed by atoms with Crippen LogP contribution in [-0.4, -0.2) is 33.5 Å². The van der Waals surface area contributed by atoms with Crippen molar-refractivity contribution >= 4 is 46.0 Å². The second kappa shape index (κ2) is 11.1. The number of halogens is 1. The van der Waals surface area contributed by atoms with Gasteiger partial charge in [-0.1, -0.05) is 36.4 Å². The molecule has 0 fully saturated rings. The van der Waals surface area contributed by atoms with Gasteiger partial charge in [0.15, 0.2) is 10.9 Å². The van der Waals surface area contributed by atoms with Crippen LogP contribution in [0.3, 0.4) is 0 Å². The van der Waals surface area contributed by atoms with E-state index in [1.165, 1.54) is 11.8 Å². The molecule has 0 aliphatic rings. The van der Waals surface area contributed by atoms with E-state index in [0.717, 1.165) is 17.5 Å². The Morgan fingerprint density at radius 1 is 0.972 bits per heavy atom. The van der Waals surface area contributed by atoms with Gasteiger partial charge in [-0.3, -0.25) is 19.0 Å². The SMILES string of the molecule is CCCNC(=O)c1ccc2c(=O)n(-c3cc(C)cc(C)c3)c(SCC(=O)c3ccc(Cl)cc3)nc2c1. The van der Waals surface area contributed by atoms with Crippen molar-refractivity contribution < 1.29 is 9.59 Å². The maximum Gasteiger partial charge on any atom is 0.266 e. The largest absolute Gasteiger partial charge is 0.352 e. The minimum atomic E-state index is -0.257. The molecule has 184 valence electrons. The molecule has 0 atom stereocenters. The fourth-order valence-corrected chi connectivity index (χ4v) is 4.93. The first-order valence-corrected chi connectivity index (χ1v) is 13.0. The van der Waals surface area contributed by atoms with Gasteiger partial charge in [0.2, 0.25) is 0 Å². The molecule has 0 aliphatic carbocycles. The fraction of sp³-hybridized carbons (Fsp3) is 0.214. The third-order valence-corrected chi connectivity index (χ3v) is 6.79. The van der Waals surface area contributed by atoms with Crippen molar-refractivity contribution in [3.63, 3.8) is 0 Å². The number of aromatic nitrogens is 2. The first kappa shape index (κ1) is 25.7. The second-order valence-electron chi connectivity index (χ2n) is 8.59. The summed E-state index contributed by atoms with van der Waals surface area (Å²) >= 11 is 7.13. The lowest BCUT2D eigenvalue weighted by atomic mass is 10.1. The minimum Gasteiger partial charge on any atom is -0.352 e. The highest BCUT2D eigenvalue weighted by Crippen LogP contribution is 2.24. The van der Waals surface area contributed by atoms with Gasteiger partial charge in [0.1, 0.15) is 0 Å². The average Bonchev–Trinajstić information content (AvgIpc) is 2.85. The van der Waals surface area contributed by atoms with Crippen molar-refractivity contribution in [3.8, 4) is 5.69 Å². The Labute approximate surface area is 218 Å². The standard InChI is InChI=1S/C28H26ClN3O3S/c1-4-11-30-26(34)20-7-10-23-24(15-20)31-28(36-16-25(33)19-5-8-21(29)9-6-19)32(27(23)35)22-13-17(2)12-18(3)14-22/h5-10,12-15H,4,11,16H2,1-3H3,(H,30,34). The molecule has 0 saturated carbocycles. The van der Waals surface area contributed by atoms with E-state index in [9.17, 15) is 14.4 Å². The molecule has 0 unspecified atom stereocenters. The number of amides is 1. The highest BCUT2D eigenvalue weighted by Gasteiger charge is 2.17. The van der Waals surface area contributed by atoms with Crippen LogP contribution >= 0.6 is 23.4 Å². The third kappa shape index (κ3) is 5.69. The minimum absolute atomic E-state index is 0.0844. The van der Waals surface area contributed by atoms with E-state index < -0.39 is 0 Å². The summed E-state index contributed by atoms with van der Waals surface area (Å²) in [6, 6.07) is 17.5. The predicted octanol–water partition coefficient (Wildman–Crippen LogP) is 5.77. The molecule has 6 nitrogen and oxygen atoms in total. The number of nitrogens with one attached hydrogen (secondary N) is 1. The highest BCUT2D eigenvalue weighted by molar-refractivity contribution is 7.99. The van der Waals surface area contributed by atoms with Crippen molar-refractivity contribution in [2.75, 3.05) is 12.3 Å². The van der Waals surface area contributed by atoms with Crippen LogP contribution in [0.4, 0.5) is 0 Å². The van der Waals surface area contributed by atoms with Gasteiger partial charge in [-0.2, -0.15) is 0 Å². The Kier molecular flexibility index (Phi) is 7.91. The summed E-state index contributed by atoms with van der Waals surface area (Å²) in [5.41, 5.74) is 3.81. The van der Waals surface area contributed by atoms with E-state index in [-0.39, 0.29) is 23.0 Å². The average molecular weight is 520 g/mol. The normalized spacial score (nSPS) is 11.0. The maximum absolute atomic E-state index is 13.7. The molecule has 0 bridgehead atoms. The first-order valence-electron chi connectivity index (χ1n) is 11.6. The van der Waals surface area contributed by atoms with E-state index in [1.54, 1.807) is 47.0 Å². The Hall–Kier alpha value is -3.42. The number of rotatable bonds is 8. The molecule has 0 radical (unpaired) electrons. The number of ketones is 1. The van der Waals surface area contributed by atoms with E-state index >= 15 is 0 Å². The van der Waals surface area contributed by atoms with Gasteiger partial charge in [0.05, 0.1) is 22.3 Å². The van der Waals surface area contributed by atoms with E-state index in [0.29, 0.717) is 44.4 Å². The quantitative estimate of drug-likeness (QED) is 0.181. The maximum atomic E-state index is 13.7. The topological polar surface area (TPSA) is 81.1 Å². The molecule has 0 saturated heterocycles. The molecule has 1 aromatic heterocycles. The number of thioether (sulfide) groups is 1. The smallest absolute Gasteiger partial charge is 0.266 e. The fourth-order valence-electron chi connectivity index (χ4n) is 3.90. The third-order valence-electron chi connectivity index (χ3n) is 5.60. The summed E-state index contributed by atoms with van der Waals surface area (Å²) in [4.78, 5) is 43.8. The van der Waals surface area contributed by atoms with Crippen molar-refractivity contribution in [2.45, 2.75) is 32.3 Å². The predicted molar refractivity (Wildman–Crippen MR) is 146 cm³/mol. The van der Waals surface area contributed by atoms with Gasteiger partial charge in [0.25, 0.3) is 11.5 Å². The number of carbonyl (C=O) groups is 2. The molecule has 4 aromatic rings. The zero-order chi connectivity index (χ0) is 25.8. The summed E-state index contributed by atoms with van der Waals surface area (Å²) in [7, 11) is 0. The van der Waals surface area contributed by atoms with E-state index in [4.69, 9.17) is 16.6 Å². The molecule has 36 heavy (non-hydrogen) atoms. The molecule has 8 heteroatoms. The molecule has 3 aromatic carbocycles. The van der Waals surface area contributed by atoms with Gasteiger partial charge in [-0.25, -0.2) is 4.98 Å². The Morgan fingerprint density at radius 3 is 2.31 bits per heavy atom. The van der Waals surface area contributed by atoms with E-state index in [1.807, 2.05) is 39.0 Å². The number of fused-ring (bicyclic) bond motifs is 1. The summed E-state index contributed by atoms with van der Waals surface area (Å²) in [6.07, 6.45) is 0.820. The van der Waals surface area contributed by atoms with Gasteiger partial charge in [0, 0.05) is 22.7 Å². The second-order valence-corrected chi connectivity index (χ2v) is 9.97. The van der Waals surface area contributed by atoms with Crippen LogP contribution in [0, 0.1) is 13.8 Å². The number of hydrogen-bond acceptors (Lipinski definition) is 5. The molecule has 1 amide bonds. The lowest BCUT2D eigenvalue weighted by Gasteiger charge is -2.15. The van der Waals surface area contributed by atoms with Crippen LogP contribution < -0.4 is 10.9 Å². The van der Waals surface area contributed by atoms with Crippen molar-refractivity contribution in [1.29, 1.82) is 0 Å². The Morgan fingerprint density at radius 2 is 1.64 bits per heavy atom. The summed E-state index contributed by atoms with van der Waals surface area (Å²) < 4.78 is 1.54. The van der Waals surface area contributed by atoms with Crippen LogP contribution in [0.25, 0.3) is 16.6 Å². The molecule has 1 heterocycles. The van der Waals surface area contributed by atoms with Crippen molar-refractivity contribution in [3.05, 3.63) is 98.3 Å². The van der Waals surface area contributed by atoms with Gasteiger partial charge >= 0.3 is 0 Å². The summed E-state index contributed by atoms with van der Waals surface area (Å²) in [5.74, 6) is -0.238. The molecule has 0 aliphatic heterocycles.